The van der Waals surface area contributed by atoms with Crippen LogP contribution in [0.2, 0.25) is 0 Å². The van der Waals surface area contributed by atoms with Crippen molar-refractivity contribution in [2.45, 2.75) is 25.9 Å². The normalized spacial score (nSPS) is 15.5. The third-order valence-corrected chi connectivity index (χ3v) is 5.61. The molecule has 2 atom stereocenters. The van der Waals surface area contributed by atoms with E-state index in [1.807, 2.05) is 49.4 Å². The van der Waals surface area contributed by atoms with E-state index < -0.39 is 6.04 Å². The summed E-state index contributed by atoms with van der Waals surface area (Å²) in [5.74, 6) is 1.44. The Bertz CT molecular complexity index is 1340. The molecule has 0 fully saturated rings. The van der Waals surface area contributed by atoms with Gasteiger partial charge in [0, 0.05) is 17.4 Å². The fourth-order valence-corrected chi connectivity index (χ4v) is 3.89. The van der Waals surface area contributed by atoms with Gasteiger partial charge in [-0.1, -0.05) is 35.5 Å². The van der Waals surface area contributed by atoms with E-state index in [0.29, 0.717) is 28.7 Å². The Balaban J connectivity index is 1.49. The molecule has 0 bridgehead atoms. The maximum Gasteiger partial charge on any atom is 0.263 e. The van der Waals surface area contributed by atoms with Crippen LogP contribution in [0, 0.1) is 6.92 Å². The Labute approximate surface area is 195 Å². The number of aromatic nitrogens is 4. The molecule has 0 spiro atoms. The van der Waals surface area contributed by atoms with Gasteiger partial charge in [0.05, 0.1) is 18.7 Å². The minimum absolute atomic E-state index is 0.0678. The average Bonchev–Trinajstić information content (AvgIpc) is 3.40. The number of aryl methyl sites for hydroxylation is 1. The number of nitrogens with one attached hydrogen (secondary N) is 3. The topological polar surface area (TPSA) is 138 Å². The fraction of sp³-hybridized carbons (Fsp3) is 0.208. The third kappa shape index (κ3) is 4.18. The van der Waals surface area contributed by atoms with Crippen LogP contribution in [0.15, 0.2) is 59.3 Å². The molecule has 1 unspecified atom stereocenters. The summed E-state index contributed by atoms with van der Waals surface area (Å²) >= 11 is 0. The van der Waals surface area contributed by atoms with Gasteiger partial charge in [-0.05, 0) is 43.2 Å². The van der Waals surface area contributed by atoms with Gasteiger partial charge in [0.2, 0.25) is 5.95 Å². The van der Waals surface area contributed by atoms with E-state index in [0.717, 1.165) is 16.8 Å². The van der Waals surface area contributed by atoms with Crippen molar-refractivity contribution in [3.8, 4) is 11.5 Å². The number of hydrogen-bond acceptors (Lipinski definition) is 9. The standard InChI is InChI=1S/C24H23N7O3/c1-13-18-10-16(8-9-17(18)22(33)26-13)28-24-25-11-19(23-27-14(2)31-34-23)21(30-24)29-20(12-32)15-6-4-3-5-7-15/h3-11,13,20,32H,12H2,1-2H3,(H,26,33)(H2,25,28,29,30)/t13?,20-/m1/s1. The fourth-order valence-electron chi connectivity index (χ4n) is 3.89. The maximum absolute atomic E-state index is 12.0. The zero-order valence-electron chi connectivity index (χ0n) is 18.6. The van der Waals surface area contributed by atoms with Crippen molar-refractivity contribution in [2.24, 2.45) is 0 Å². The van der Waals surface area contributed by atoms with Gasteiger partial charge in [-0.2, -0.15) is 9.97 Å². The van der Waals surface area contributed by atoms with E-state index in [9.17, 15) is 9.90 Å². The molecule has 3 heterocycles. The lowest BCUT2D eigenvalue weighted by Crippen LogP contribution is -2.17. The Morgan fingerprint density at radius 2 is 1.97 bits per heavy atom. The zero-order valence-corrected chi connectivity index (χ0v) is 18.6. The van der Waals surface area contributed by atoms with Gasteiger partial charge < -0.3 is 25.6 Å². The number of carbonyl (C=O) groups excluding carboxylic acids is 1. The predicted molar refractivity (Wildman–Crippen MR) is 126 cm³/mol. The van der Waals surface area contributed by atoms with Crippen molar-refractivity contribution in [1.29, 1.82) is 0 Å². The summed E-state index contributed by atoms with van der Waals surface area (Å²) in [6.07, 6.45) is 1.59. The second-order valence-electron chi connectivity index (χ2n) is 8.01. The lowest BCUT2D eigenvalue weighted by Gasteiger charge is -2.19. The number of hydrogen-bond donors (Lipinski definition) is 4. The first-order chi connectivity index (χ1) is 16.5. The molecule has 2 aromatic carbocycles. The van der Waals surface area contributed by atoms with Crippen molar-refractivity contribution >= 4 is 23.4 Å². The minimum atomic E-state index is -0.412. The van der Waals surface area contributed by atoms with Gasteiger partial charge in [-0.3, -0.25) is 4.79 Å². The lowest BCUT2D eigenvalue weighted by atomic mass is 10.1. The summed E-state index contributed by atoms with van der Waals surface area (Å²) in [5, 5.41) is 23.3. The first kappa shape index (κ1) is 21.5. The quantitative estimate of drug-likeness (QED) is 0.328. The highest BCUT2D eigenvalue weighted by Gasteiger charge is 2.25. The minimum Gasteiger partial charge on any atom is -0.394 e. The van der Waals surface area contributed by atoms with E-state index in [1.165, 1.54) is 0 Å². The van der Waals surface area contributed by atoms with Crippen LogP contribution in [0.25, 0.3) is 11.5 Å². The van der Waals surface area contributed by atoms with Crippen molar-refractivity contribution in [3.63, 3.8) is 0 Å². The molecule has 172 valence electrons. The average molecular weight is 457 g/mol. The second-order valence-corrected chi connectivity index (χ2v) is 8.01. The van der Waals surface area contributed by atoms with Crippen LogP contribution < -0.4 is 16.0 Å². The number of aliphatic hydroxyl groups excluding tert-OH is 1. The number of rotatable bonds is 7. The van der Waals surface area contributed by atoms with E-state index in [1.54, 1.807) is 19.2 Å². The van der Waals surface area contributed by atoms with Crippen molar-refractivity contribution in [1.82, 2.24) is 25.4 Å². The molecule has 10 nitrogen and oxygen atoms in total. The van der Waals surface area contributed by atoms with Gasteiger partial charge >= 0.3 is 0 Å². The maximum atomic E-state index is 12.0. The predicted octanol–water partition coefficient (Wildman–Crippen LogP) is 3.53. The monoisotopic (exact) mass is 457 g/mol. The Morgan fingerprint density at radius 3 is 2.71 bits per heavy atom. The number of carbonyl (C=O) groups is 1. The Morgan fingerprint density at radius 1 is 1.15 bits per heavy atom. The van der Waals surface area contributed by atoms with Crippen LogP contribution in [0.3, 0.4) is 0 Å². The number of anilines is 3. The summed E-state index contributed by atoms with van der Waals surface area (Å²) in [6, 6.07) is 14.6. The molecule has 0 saturated heterocycles. The molecule has 5 rings (SSSR count). The number of nitrogens with zero attached hydrogens (tertiary/aromatic N) is 4. The molecule has 10 heteroatoms. The third-order valence-electron chi connectivity index (χ3n) is 5.61. The Hall–Kier alpha value is -4.31. The van der Waals surface area contributed by atoms with Gasteiger partial charge in [-0.15, -0.1) is 0 Å². The SMILES string of the molecule is Cc1noc(-c2cnc(Nc3ccc4c(c3)C(C)NC4=O)nc2N[C@H](CO)c2ccccc2)n1. The van der Waals surface area contributed by atoms with Gasteiger partial charge in [0.1, 0.15) is 11.4 Å². The van der Waals surface area contributed by atoms with Crippen LogP contribution in [0.4, 0.5) is 17.5 Å². The van der Waals surface area contributed by atoms with Crippen molar-refractivity contribution in [2.75, 3.05) is 17.2 Å². The summed E-state index contributed by atoms with van der Waals surface area (Å²) in [4.78, 5) is 25.4. The number of aliphatic hydroxyl groups is 1. The highest BCUT2D eigenvalue weighted by molar-refractivity contribution is 5.99. The molecule has 0 radical (unpaired) electrons. The lowest BCUT2D eigenvalue weighted by molar-refractivity contribution is 0.0958. The molecular weight excluding hydrogens is 434 g/mol. The van der Waals surface area contributed by atoms with Gasteiger partial charge in [0.15, 0.2) is 5.82 Å². The first-order valence-electron chi connectivity index (χ1n) is 10.8. The molecule has 1 aliphatic heterocycles. The number of amides is 1. The van der Waals surface area contributed by atoms with E-state index >= 15 is 0 Å². The van der Waals surface area contributed by atoms with Gasteiger partial charge in [0.25, 0.3) is 11.8 Å². The van der Waals surface area contributed by atoms with Crippen LogP contribution >= 0.6 is 0 Å². The van der Waals surface area contributed by atoms with Crippen molar-refractivity contribution < 1.29 is 14.4 Å². The van der Waals surface area contributed by atoms with Crippen molar-refractivity contribution in [3.05, 3.63) is 77.2 Å². The largest absolute Gasteiger partial charge is 0.394 e. The summed E-state index contributed by atoms with van der Waals surface area (Å²) in [7, 11) is 0. The molecule has 1 amide bonds. The highest BCUT2D eigenvalue weighted by atomic mass is 16.5. The van der Waals surface area contributed by atoms with Crippen LogP contribution in [-0.2, 0) is 0 Å². The van der Waals surface area contributed by atoms with Crippen LogP contribution in [0.5, 0.6) is 0 Å². The number of fused-ring (bicyclic) bond motifs is 1. The van der Waals surface area contributed by atoms with Crippen LogP contribution in [0.1, 0.15) is 46.3 Å². The number of benzene rings is 2. The molecule has 4 N–H and O–H groups in total. The molecule has 34 heavy (non-hydrogen) atoms. The summed E-state index contributed by atoms with van der Waals surface area (Å²) in [6.45, 7) is 3.51. The molecule has 1 aliphatic rings. The van der Waals surface area contributed by atoms with E-state index in [4.69, 9.17) is 4.52 Å². The summed E-state index contributed by atoms with van der Waals surface area (Å²) in [5.41, 5.74) is 3.73. The molecule has 2 aromatic heterocycles. The molecule has 4 aromatic rings. The van der Waals surface area contributed by atoms with Gasteiger partial charge in [-0.25, -0.2) is 4.98 Å². The van der Waals surface area contributed by atoms with Crippen LogP contribution in [-0.4, -0.2) is 37.7 Å². The van der Waals surface area contributed by atoms with E-state index in [2.05, 4.69) is 36.1 Å². The Kier molecular flexibility index (Phi) is 5.64. The van der Waals surface area contributed by atoms with E-state index in [-0.39, 0.29) is 24.4 Å². The first-order valence-corrected chi connectivity index (χ1v) is 10.8. The molecule has 0 aliphatic carbocycles. The molecule has 0 saturated carbocycles. The zero-order chi connectivity index (χ0) is 23.7. The highest BCUT2D eigenvalue weighted by Crippen LogP contribution is 2.31. The smallest absolute Gasteiger partial charge is 0.263 e. The molecular formula is C24H23N7O3. The summed E-state index contributed by atoms with van der Waals surface area (Å²) < 4.78 is 5.34. The second kappa shape index (κ2) is 8.91.